The molecule has 4 heterocycles. The molecule has 3 aliphatic rings. The van der Waals surface area contributed by atoms with E-state index in [0.717, 1.165) is 38.5 Å². The molecule has 1 unspecified atom stereocenters. The molecule has 7 aromatic rings. The van der Waals surface area contributed by atoms with Crippen molar-refractivity contribution in [1.29, 1.82) is 0 Å². The van der Waals surface area contributed by atoms with Crippen molar-refractivity contribution in [3.8, 4) is 5.69 Å². The second-order valence-electron chi connectivity index (χ2n) is 12.9. The predicted octanol–water partition coefficient (Wildman–Crippen LogP) is 9.26. The number of nitrogens with zero attached hydrogens (tertiary/aromatic N) is 2. The first-order chi connectivity index (χ1) is 21.5. The average molecular weight is 565 g/mol. The van der Waals surface area contributed by atoms with Crippen LogP contribution in [0.4, 0.5) is 17.1 Å². The Labute approximate surface area is 255 Å². The third-order valence-corrected chi connectivity index (χ3v) is 10.6. The van der Waals surface area contributed by atoms with Crippen LogP contribution in [0.1, 0.15) is 47.2 Å². The highest BCUT2D eigenvalue weighted by molar-refractivity contribution is 6.09. The standard InChI is InChI=1S/C41H28N2O/c1-40(2)28-16-5-8-22-34(28)42-35-23-9-6-17-29(35)41(33-21-12-19-31(40)38(33)42)30-18-7-10-24-36(30)43-37-26(15-11-20-32(37)41)25-13-3-4-14-27(25)39(43)44/h3-24H,1-2H3. The van der Waals surface area contributed by atoms with E-state index >= 15 is 0 Å². The Balaban J connectivity index is 1.48. The highest BCUT2D eigenvalue weighted by Crippen LogP contribution is 2.64. The molecule has 10 rings (SSSR count). The summed E-state index contributed by atoms with van der Waals surface area (Å²) in [5, 5.41) is 2.84. The Morgan fingerprint density at radius 1 is 0.455 bits per heavy atom. The molecule has 0 bridgehead atoms. The highest BCUT2D eigenvalue weighted by Gasteiger charge is 2.53. The molecule has 0 N–H and O–H groups in total. The fraction of sp³-hybridized carbons (Fsp3) is 0.0976. The largest absolute Gasteiger partial charge is 0.309 e. The summed E-state index contributed by atoms with van der Waals surface area (Å²) in [6.07, 6.45) is 0. The van der Waals surface area contributed by atoms with Gasteiger partial charge in [0.2, 0.25) is 0 Å². The topological polar surface area (TPSA) is 25.2 Å². The highest BCUT2D eigenvalue weighted by atomic mass is 16.1. The number of rotatable bonds is 0. The average Bonchev–Trinajstić information content (AvgIpc) is 3.07. The summed E-state index contributed by atoms with van der Waals surface area (Å²) in [5.41, 5.74) is 12.2. The smallest absolute Gasteiger partial charge is 0.263 e. The molecule has 0 radical (unpaired) electrons. The van der Waals surface area contributed by atoms with Gasteiger partial charge in [0.1, 0.15) is 0 Å². The Morgan fingerprint density at radius 2 is 0.955 bits per heavy atom. The number of pyridine rings is 1. The minimum absolute atomic E-state index is 0.0266. The van der Waals surface area contributed by atoms with Crippen molar-refractivity contribution in [2.24, 2.45) is 0 Å². The molecule has 0 saturated carbocycles. The zero-order valence-electron chi connectivity index (χ0n) is 24.5. The van der Waals surface area contributed by atoms with Gasteiger partial charge in [0, 0.05) is 16.2 Å². The van der Waals surface area contributed by atoms with Crippen molar-refractivity contribution in [3.63, 3.8) is 0 Å². The van der Waals surface area contributed by atoms with E-state index in [4.69, 9.17) is 0 Å². The van der Waals surface area contributed by atoms with Crippen LogP contribution in [0.3, 0.4) is 0 Å². The zero-order valence-corrected chi connectivity index (χ0v) is 24.5. The van der Waals surface area contributed by atoms with Crippen molar-refractivity contribution in [1.82, 2.24) is 4.57 Å². The first kappa shape index (κ1) is 24.1. The van der Waals surface area contributed by atoms with E-state index in [1.54, 1.807) is 0 Å². The molecule has 1 atom stereocenters. The van der Waals surface area contributed by atoms with Gasteiger partial charge in [-0.3, -0.25) is 9.36 Å². The van der Waals surface area contributed by atoms with Crippen LogP contribution < -0.4 is 10.5 Å². The van der Waals surface area contributed by atoms with Crippen LogP contribution >= 0.6 is 0 Å². The van der Waals surface area contributed by atoms with Gasteiger partial charge in [0.05, 0.1) is 33.7 Å². The van der Waals surface area contributed by atoms with Gasteiger partial charge in [-0.2, -0.15) is 0 Å². The first-order valence-corrected chi connectivity index (χ1v) is 15.3. The Kier molecular flexibility index (Phi) is 4.35. The van der Waals surface area contributed by atoms with E-state index in [-0.39, 0.29) is 11.0 Å². The molecule has 0 aliphatic carbocycles. The molecular weight excluding hydrogens is 536 g/mol. The van der Waals surface area contributed by atoms with E-state index < -0.39 is 5.41 Å². The summed E-state index contributed by atoms with van der Waals surface area (Å²) in [6.45, 7) is 4.70. The lowest BCUT2D eigenvalue weighted by Crippen LogP contribution is -2.44. The van der Waals surface area contributed by atoms with E-state index in [0.29, 0.717) is 0 Å². The molecule has 44 heavy (non-hydrogen) atoms. The van der Waals surface area contributed by atoms with Crippen LogP contribution in [0.15, 0.2) is 138 Å². The molecule has 0 amide bonds. The maximum atomic E-state index is 14.4. The lowest BCUT2D eigenvalue weighted by atomic mass is 9.58. The van der Waals surface area contributed by atoms with Crippen molar-refractivity contribution in [3.05, 3.63) is 177 Å². The van der Waals surface area contributed by atoms with Gasteiger partial charge in [0.25, 0.3) is 5.56 Å². The second kappa shape index (κ2) is 7.94. The Morgan fingerprint density at radius 3 is 1.73 bits per heavy atom. The van der Waals surface area contributed by atoms with Crippen LogP contribution in [0.25, 0.3) is 27.4 Å². The summed E-state index contributed by atoms with van der Waals surface area (Å²) >= 11 is 0. The molecule has 208 valence electrons. The minimum Gasteiger partial charge on any atom is -0.309 e. The molecule has 0 saturated heterocycles. The number of para-hydroxylation sites is 5. The van der Waals surface area contributed by atoms with Crippen molar-refractivity contribution >= 4 is 38.7 Å². The van der Waals surface area contributed by atoms with E-state index in [9.17, 15) is 4.79 Å². The third kappa shape index (κ3) is 2.56. The summed E-state index contributed by atoms with van der Waals surface area (Å²) < 4.78 is 1.98. The summed E-state index contributed by atoms with van der Waals surface area (Å²) in [6, 6.07) is 47.9. The zero-order chi connectivity index (χ0) is 29.4. The first-order valence-electron chi connectivity index (χ1n) is 15.3. The van der Waals surface area contributed by atoms with E-state index in [1.807, 2.05) is 22.8 Å². The Bertz CT molecular complexity index is 2470. The van der Waals surface area contributed by atoms with Gasteiger partial charge in [-0.05, 0) is 63.0 Å². The van der Waals surface area contributed by atoms with Crippen LogP contribution in [0.2, 0.25) is 0 Å². The maximum absolute atomic E-state index is 14.4. The van der Waals surface area contributed by atoms with Gasteiger partial charge in [-0.15, -0.1) is 0 Å². The fourth-order valence-electron chi connectivity index (χ4n) is 8.81. The van der Waals surface area contributed by atoms with Crippen molar-refractivity contribution < 1.29 is 0 Å². The lowest BCUT2D eigenvalue weighted by molar-refractivity contribution is 0.618. The lowest BCUT2D eigenvalue weighted by Gasteiger charge is -2.52. The molecule has 3 heteroatoms. The molecule has 3 nitrogen and oxygen atoms in total. The van der Waals surface area contributed by atoms with Crippen LogP contribution in [-0.2, 0) is 10.8 Å². The van der Waals surface area contributed by atoms with Gasteiger partial charge < -0.3 is 4.90 Å². The number of anilines is 3. The van der Waals surface area contributed by atoms with Gasteiger partial charge in [-0.25, -0.2) is 0 Å². The maximum Gasteiger partial charge on any atom is 0.263 e. The summed E-state index contributed by atoms with van der Waals surface area (Å²) in [7, 11) is 0. The number of aromatic nitrogens is 1. The summed E-state index contributed by atoms with van der Waals surface area (Å²) in [5.74, 6) is 0. The van der Waals surface area contributed by atoms with Crippen molar-refractivity contribution in [2.45, 2.75) is 24.7 Å². The number of hydrogen-bond acceptors (Lipinski definition) is 2. The molecule has 3 aliphatic heterocycles. The molecular formula is C41H28N2O. The number of fused-ring (bicyclic) bond motifs is 12. The SMILES string of the molecule is CC1(C)c2ccccc2N2c3ccccc3C3(c4ccccc4-n4c(=O)c5ccccc5c5cccc3c54)c3cccc1c32. The molecule has 1 spiro atoms. The fourth-order valence-corrected chi connectivity index (χ4v) is 8.81. The minimum atomic E-state index is -0.633. The Hall–Kier alpha value is -5.41. The molecule has 0 fully saturated rings. The summed E-state index contributed by atoms with van der Waals surface area (Å²) in [4.78, 5) is 16.9. The van der Waals surface area contributed by atoms with Crippen molar-refractivity contribution in [2.75, 3.05) is 4.90 Å². The quantitative estimate of drug-likeness (QED) is 0.172. The molecule has 1 aromatic heterocycles. The second-order valence-corrected chi connectivity index (χ2v) is 12.9. The van der Waals surface area contributed by atoms with Crippen LogP contribution in [0, 0.1) is 0 Å². The normalized spacial score (nSPS) is 18.1. The van der Waals surface area contributed by atoms with Gasteiger partial charge in [0.15, 0.2) is 0 Å². The van der Waals surface area contributed by atoms with Gasteiger partial charge in [-0.1, -0.05) is 123 Å². The van der Waals surface area contributed by atoms with E-state index in [1.165, 1.54) is 39.3 Å². The predicted molar refractivity (Wildman–Crippen MR) is 179 cm³/mol. The van der Waals surface area contributed by atoms with Crippen LogP contribution in [-0.4, -0.2) is 4.57 Å². The monoisotopic (exact) mass is 564 g/mol. The molecule has 6 aromatic carbocycles. The number of hydrogen-bond donors (Lipinski definition) is 0. The van der Waals surface area contributed by atoms with Gasteiger partial charge >= 0.3 is 0 Å². The van der Waals surface area contributed by atoms with Crippen LogP contribution in [0.5, 0.6) is 0 Å². The third-order valence-electron chi connectivity index (χ3n) is 10.6. The van der Waals surface area contributed by atoms with E-state index in [2.05, 4.69) is 134 Å². The number of benzene rings is 6.